The van der Waals surface area contributed by atoms with Crippen LogP contribution >= 0.6 is 15.9 Å². The van der Waals surface area contributed by atoms with E-state index >= 15 is 0 Å². The van der Waals surface area contributed by atoms with E-state index in [2.05, 4.69) is 26.1 Å². The Hall–Kier alpha value is -0.840. The molecule has 1 aromatic heterocycles. The lowest BCUT2D eigenvalue weighted by atomic mass is 10.3. The van der Waals surface area contributed by atoms with Crippen LogP contribution in [0.3, 0.4) is 0 Å². The molecule has 72 valence electrons. The van der Waals surface area contributed by atoms with E-state index in [1.807, 2.05) is 13.8 Å². The molecule has 0 spiro atoms. The molecule has 1 rings (SSSR count). The van der Waals surface area contributed by atoms with Crippen molar-refractivity contribution in [3.8, 4) is 0 Å². The average Bonchev–Trinajstić information content (AvgIpc) is 2.53. The summed E-state index contributed by atoms with van der Waals surface area (Å²) >= 11 is 3.25. The van der Waals surface area contributed by atoms with Crippen LogP contribution in [0.1, 0.15) is 24.3 Å². The van der Waals surface area contributed by atoms with Crippen LogP contribution in [0.25, 0.3) is 0 Å². The van der Waals surface area contributed by atoms with Crippen LogP contribution in [0.4, 0.5) is 0 Å². The monoisotopic (exact) mass is 245 g/mol. The van der Waals surface area contributed by atoms with Gasteiger partial charge >= 0.3 is 0 Å². The lowest BCUT2D eigenvalue weighted by Gasteiger charge is -2.17. The molecule has 13 heavy (non-hydrogen) atoms. The molecule has 0 saturated carbocycles. The van der Waals surface area contributed by atoms with Gasteiger partial charge in [0, 0.05) is 13.1 Å². The minimum atomic E-state index is -0.0191. The summed E-state index contributed by atoms with van der Waals surface area (Å²) < 4.78 is 0.712. The maximum atomic E-state index is 11.7. The second-order valence-electron chi connectivity index (χ2n) is 2.57. The molecule has 4 nitrogen and oxygen atoms in total. The van der Waals surface area contributed by atoms with Gasteiger partial charge in [0.15, 0.2) is 0 Å². The van der Waals surface area contributed by atoms with Gasteiger partial charge in [0.25, 0.3) is 5.91 Å². The van der Waals surface area contributed by atoms with Crippen molar-refractivity contribution in [1.82, 2.24) is 15.1 Å². The van der Waals surface area contributed by atoms with Crippen LogP contribution in [0.15, 0.2) is 10.7 Å². The number of carbonyl (C=O) groups excluding carboxylic acids is 1. The van der Waals surface area contributed by atoms with Gasteiger partial charge in [-0.15, -0.1) is 0 Å². The standard InChI is InChI=1S/C8H12BrN3O/c1-3-12(4-2)8(13)7-6(9)5-10-11-7/h5H,3-4H2,1-2H3,(H,10,11). The zero-order valence-electron chi connectivity index (χ0n) is 7.67. The van der Waals surface area contributed by atoms with Crippen LogP contribution in [0.5, 0.6) is 0 Å². The fourth-order valence-corrected chi connectivity index (χ4v) is 1.45. The number of aromatic nitrogens is 2. The number of hydrogen-bond donors (Lipinski definition) is 1. The van der Waals surface area contributed by atoms with Crippen LogP contribution in [0, 0.1) is 0 Å². The van der Waals surface area contributed by atoms with E-state index < -0.39 is 0 Å². The largest absolute Gasteiger partial charge is 0.338 e. The van der Waals surface area contributed by atoms with Crippen molar-refractivity contribution < 1.29 is 4.79 Å². The first-order valence-electron chi connectivity index (χ1n) is 4.18. The predicted octanol–water partition coefficient (Wildman–Crippen LogP) is 1.65. The van der Waals surface area contributed by atoms with E-state index in [1.165, 1.54) is 0 Å². The van der Waals surface area contributed by atoms with Gasteiger partial charge in [-0.2, -0.15) is 5.10 Å². The number of carbonyl (C=O) groups is 1. The van der Waals surface area contributed by atoms with Gasteiger partial charge in [-0.3, -0.25) is 9.89 Å². The Labute approximate surface area is 85.4 Å². The summed E-state index contributed by atoms with van der Waals surface area (Å²) in [6, 6.07) is 0. The molecule has 1 amide bonds. The van der Waals surface area contributed by atoms with Crippen molar-refractivity contribution in [2.45, 2.75) is 13.8 Å². The van der Waals surface area contributed by atoms with E-state index in [-0.39, 0.29) is 5.91 Å². The normalized spacial score (nSPS) is 10.1. The summed E-state index contributed by atoms with van der Waals surface area (Å²) in [4.78, 5) is 13.4. The highest BCUT2D eigenvalue weighted by molar-refractivity contribution is 9.10. The van der Waals surface area contributed by atoms with Crippen LogP contribution < -0.4 is 0 Å². The fourth-order valence-electron chi connectivity index (χ4n) is 1.09. The van der Waals surface area contributed by atoms with Crippen LogP contribution in [-0.4, -0.2) is 34.1 Å². The number of halogens is 1. The van der Waals surface area contributed by atoms with Gasteiger partial charge in [-0.25, -0.2) is 0 Å². The minimum Gasteiger partial charge on any atom is -0.338 e. The number of hydrogen-bond acceptors (Lipinski definition) is 2. The third-order valence-corrected chi connectivity index (χ3v) is 2.46. The van der Waals surface area contributed by atoms with E-state index in [9.17, 15) is 4.79 Å². The number of aromatic amines is 1. The maximum absolute atomic E-state index is 11.7. The molecule has 1 aromatic rings. The Bertz CT molecular complexity index is 293. The van der Waals surface area contributed by atoms with Crippen LogP contribution in [0.2, 0.25) is 0 Å². The molecule has 0 aliphatic rings. The predicted molar refractivity (Wildman–Crippen MR) is 53.5 cm³/mol. The Morgan fingerprint density at radius 3 is 2.62 bits per heavy atom. The quantitative estimate of drug-likeness (QED) is 0.881. The molecule has 0 aliphatic carbocycles. The maximum Gasteiger partial charge on any atom is 0.273 e. The third-order valence-electron chi connectivity index (χ3n) is 1.86. The van der Waals surface area contributed by atoms with Crippen molar-refractivity contribution in [2.75, 3.05) is 13.1 Å². The average molecular weight is 246 g/mol. The molecule has 0 radical (unpaired) electrons. The smallest absolute Gasteiger partial charge is 0.273 e. The molecule has 0 fully saturated rings. The summed E-state index contributed by atoms with van der Waals surface area (Å²) in [6.45, 7) is 5.32. The Morgan fingerprint density at radius 1 is 1.62 bits per heavy atom. The number of rotatable bonds is 3. The van der Waals surface area contributed by atoms with Gasteiger partial charge in [0.2, 0.25) is 0 Å². The summed E-state index contributed by atoms with van der Waals surface area (Å²) in [5, 5.41) is 6.44. The highest BCUT2D eigenvalue weighted by atomic mass is 79.9. The molecule has 0 unspecified atom stereocenters. The van der Waals surface area contributed by atoms with Gasteiger partial charge in [-0.1, -0.05) is 0 Å². The molecule has 5 heteroatoms. The van der Waals surface area contributed by atoms with Gasteiger partial charge < -0.3 is 4.90 Å². The molecule has 0 atom stereocenters. The van der Waals surface area contributed by atoms with E-state index in [1.54, 1.807) is 11.1 Å². The van der Waals surface area contributed by atoms with E-state index in [4.69, 9.17) is 0 Å². The number of nitrogens with one attached hydrogen (secondary N) is 1. The van der Waals surface area contributed by atoms with Gasteiger partial charge in [-0.05, 0) is 29.8 Å². The first-order chi connectivity index (χ1) is 6.20. The molecule has 0 bridgehead atoms. The van der Waals surface area contributed by atoms with E-state index in [0.717, 1.165) is 0 Å². The van der Waals surface area contributed by atoms with Gasteiger partial charge in [0.1, 0.15) is 5.69 Å². The number of amides is 1. The second kappa shape index (κ2) is 4.41. The van der Waals surface area contributed by atoms with Crippen molar-refractivity contribution in [2.24, 2.45) is 0 Å². The molecule has 1 heterocycles. The Morgan fingerprint density at radius 2 is 2.23 bits per heavy atom. The SMILES string of the molecule is CCN(CC)C(=O)c1[nH]ncc1Br. The van der Waals surface area contributed by atoms with Crippen LogP contribution in [-0.2, 0) is 0 Å². The second-order valence-corrected chi connectivity index (χ2v) is 3.42. The topological polar surface area (TPSA) is 49.0 Å². The molecule has 0 saturated heterocycles. The lowest BCUT2D eigenvalue weighted by Crippen LogP contribution is -2.30. The zero-order chi connectivity index (χ0) is 9.84. The zero-order valence-corrected chi connectivity index (χ0v) is 9.26. The first-order valence-corrected chi connectivity index (χ1v) is 4.98. The molecular formula is C8H12BrN3O. The summed E-state index contributed by atoms with van der Waals surface area (Å²) in [5.41, 5.74) is 0.517. The van der Waals surface area contributed by atoms with Crippen molar-refractivity contribution in [3.63, 3.8) is 0 Å². The molecule has 0 aliphatic heterocycles. The fraction of sp³-hybridized carbons (Fsp3) is 0.500. The molecule has 1 N–H and O–H groups in total. The highest BCUT2D eigenvalue weighted by Crippen LogP contribution is 2.14. The summed E-state index contributed by atoms with van der Waals surface area (Å²) in [6.07, 6.45) is 1.58. The summed E-state index contributed by atoms with van der Waals surface area (Å²) in [5.74, 6) is -0.0191. The van der Waals surface area contributed by atoms with Crippen molar-refractivity contribution in [3.05, 3.63) is 16.4 Å². The molecule has 0 aromatic carbocycles. The number of nitrogens with zero attached hydrogens (tertiary/aromatic N) is 2. The summed E-state index contributed by atoms with van der Waals surface area (Å²) in [7, 11) is 0. The third kappa shape index (κ3) is 2.09. The van der Waals surface area contributed by atoms with Crippen molar-refractivity contribution in [1.29, 1.82) is 0 Å². The first kappa shape index (κ1) is 10.2. The Balaban J connectivity index is 2.84. The number of H-pyrrole nitrogens is 1. The van der Waals surface area contributed by atoms with Gasteiger partial charge in [0.05, 0.1) is 10.7 Å². The lowest BCUT2D eigenvalue weighted by molar-refractivity contribution is 0.0766. The van der Waals surface area contributed by atoms with E-state index in [0.29, 0.717) is 23.3 Å². The molecular weight excluding hydrogens is 234 g/mol. The highest BCUT2D eigenvalue weighted by Gasteiger charge is 2.16. The minimum absolute atomic E-state index is 0.0191. The Kier molecular flexibility index (Phi) is 3.48. The van der Waals surface area contributed by atoms with Crippen molar-refractivity contribution >= 4 is 21.8 Å².